The lowest BCUT2D eigenvalue weighted by Gasteiger charge is -2.31. The van der Waals surface area contributed by atoms with Crippen LogP contribution in [0.4, 0.5) is 0 Å². The molecule has 0 aromatic rings. The number of fused-ring (bicyclic) bond motifs is 1. The molecule has 0 amide bonds. The normalized spacial score (nSPS) is 24.4. The van der Waals surface area contributed by atoms with Crippen LogP contribution in [0.5, 0.6) is 0 Å². The number of rotatable bonds is 6. The van der Waals surface area contributed by atoms with Gasteiger partial charge in [-0.25, -0.2) is 13.1 Å². The molecule has 2 unspecified atom stereocenters. The van der Waals surface area contributed by atoms with Gasteiger partial charge in [0, 0.05) is 18.8 Å². The Balaban J connectivity index is 2.20. The van der Waals surface area contributed by atoms with E-state index in [2.05, 4.69) is 15.0 Å². The summed E-state index contributed by atoms with van der Waals surface area (Å²) in [4.78, 5) is 4.10. The van der Waals surface area contributed by atoms with E-state index in [1.54, 1.807) is 18.4 Å². The van der Waals surface area contributed by atoms with Crippen LogP contribution in [0.15, 0.2) is 40.4 Å². The molecule has 23 heavy (non-hydrogen) atoms. The maximum Gasteiger partial charge on any atom is 0.239 e. The zero-order valence-corrected chi connectivity index (χ0v) is 14.3. The van der Waals surface area contributed by atoms with E-state index in [-0.39, 0.29) is 18.5 Å². The summed E-state index contributed by atoms with van der Waals surface area (Å²) >= 11 is 6.48. The highest BCUT2D eigenvalue weighted by Crippen LogP contribution is 2.40. The fourth-order valence-electron chi connectivity index (χ4n) is 2.39. The third-order valence-corrected chi connectivity index (χ3v) is 6.32. The van der Waals surface area contributed by atoms with Gasteiger partial charge in [0.05, 0.1) is 6.54 Å². The van der Waals surface area contributed by atoms with E-state index >= 15 is 0 Å². The molecule has 0 fully saturated rings. The number of nitrogens with two attached hydrogens (primary N) is 1. The zero-order chi connectivity index (χ0) is 17.1. The summed E-state index contributed by atoms with van der Waals surface area (Å²) in [6.07, 6.45) is 8.68. The van der Waals surface area contributed by atoms with Gasteiger partial charge in [-0.1, -0.05) is 30.7 Å². The van der Waals surface area contributed by atoms with Gasteiger partial charge in [-0.3, -0.25) is 10.4 Å². The molecule has 2 aliphatic rings. The number of hydrogen-bond donors (Lipinski definition) is 4. The van der Waals surface area contributed by atoms with Gasteiger partial charge in [0.2, 0.25) is 14.2 Å². The SMILES string of the molecule is CCC(CNS(=O)(=O)C1(Cl)C=CC=C2CN=CC=C21)NC(=N)N. The monoisotopic (exact) mass is 357 g/mol. The molecule has 0 radical (unpaired) electrons. The molecule has 1 heterocycles. The minimum atomic E-state index is -3.89. The van der Waals surface area contributed by atoms with Gasteiger partial charge < -0.3 is 11.1 Å². The average Bonchev–Trinajstić information content (AvgIpc) is 2.51. The van der Waals surface area contributed by atoms with Crippen LogP contribution in [0, 0.1) is 5.41 Å². The third kappa shape index (κ3) is 3.65. The first-order valence-electron chi connectivity index (χ1n) is 7.18. The molecule has 0 saturated carbocycles. The number of halogens is 1. The van der Waals surface area contributed by atoms with Crippen molar-refractivity contribution in [2.45, 2.75) is 23.6 Å². The Morgan fingerprint density at radius 2 is 2.30 bits per heavy atom. The predicted octanol–water partition coefficient (Wildman–Crippen LogP) is 0.610. The largest absolute Gasteiger partial charge is 0.370 e. The van der Waals surface area contributed by atoms with Crippen molar-refractivity contribution in [1.29, 1.82) is 5.41 Å². The Bertz CT molecular complexity index is 711. The molecule has 0 saturated heterocycles. The summed E-state index contributed by atoms with van der Waals surface area (Å²) in [5.74, 6) is -0.203. The first kappa shape index (κ1) is 17.7. The van der Waals surface area contributed by atoms with Crippen LogP contribution in [0.1, 0.15) is 13.3 Å². The van der Waals surface area contributed by atoms with Crippen molar-refractivity contribution in [2.24, 2.45) is 10.7 Å². The van der Waals surface area contributed by atoms with E-state index in [1.165, 1.54) is 6.08 Å². The number of aliphatic imine (C=N–C) groups is 1. The summed E-state index contributed by atoms with van der Waals surface area (Å²) < 4.78 is 26.3. The molecule has 5 N–H and O–H groups in total. The van der Waals surface area contributed by atoms with E-state index < -0.39 is 14.2 Å². The lowest BCUT2D eigenvalue weighted by molar-refractivity contribution is 0.538. The Hall–Kier alpha value is -1.64. The Morgan fingerprint density at radius 3 is 2.96 bits per heavy atom. The van der Waals surface area contributed by atoms with Gasteiger partial charge >= 0.3 is 0 Å². The van der Waals surface area contributed by atoms with Crippen LogP contribution in [-0.2, 0) is 10.0 Å². The molecule has 0 spiro atoms. The minimum absolute atomic E-state index is 0.0845. The quantitative estimate of drug-likeness (QED) is 0.316. The number of alkyl halides is 1. The van der Waals surface area contributed by atoms with Crippen LogP contribution in [0.3, 0.4) is 0 Å². The van der Waals surface area contributed by atoms with Crippen molar-refractivity contribution >= 4 is 33.8 Å². The minimum Gasteiger partial charge on any atom is -0.370 e. The van der Waals surface area contributed by atoms with Crippen LogP contribution in [0.25, 0.3) is 0 Å². The molecule has 126 valence electrons. The maximum absolute atomic E-state index is 12.7. The topological polar surface area (TPSA) is 120 Å². The standard InChI is InChI=1S/C14H20ClN5O2S/c1-2-11(20-13(16)17)9-19-23(21,22)14(15)6-3-4-10-8-18-7-5-12(10)14/h3-7,11,19H,2,8-9H2,1H3,(H4,16,17,20). The van der Waals surface area contributed by atoms with E-state index in [0.717, 1.165) is 5.57 Å². The molecule has 1 aliphatic carbocycles. The predicted molar refractivity (Wildman–Crippen MR) is 93.3 cm³/mol. The van der Waals surface area contributed by atoms with Crippen LogP contribution < -0.4 is 15.8 Å². The molecule has 0 aromatic heterocycles. The van der Waals surface area contributed by atoms with Crippen molar-refractivity contribution < 1.29 is 8.42 Å². The fourth-order valence-corrected chi connectivity index (χ4v) is 4.19. The molecule has 7 nitrogen and oxygen atoms in total. The van der Waals surface area contributed by atoms with Gasteiger partial charge in [-0.05, 0) is 29.7 Å². The second kappa shape index (κ2) is 6.86. The smallest absolute Gasteiger partial charge is 0.239 e. The van der Waals surface area contributed by atoms with E-state index in [0.29, 0.717) is 18.5 Å². The van der Waals surface area contributed by atoms with Crippen LogP contribution in [0.2, 0.25) is 0 Å². The number of nitrogens with one attached hydrogen (secondary N) is 3. The first-order chi connectivity index (χ1) is 10.8. The molecule has 1 aliphatic heterocycles. The van der Waals surface area contributed by atoms with Crippen molar-refractivity contribution in [3.8, 4) is 0 Å². The molecular formula is C14H20ClN5O2S. The van der Waals surface area contributed by atoms with E-state index in [1.807, 2.05) is 13.0 Å². The van der Waals surface area contributed by atoms with Crippen LogP contribution >= 0.6 is 11.6 Å². The molecule has 9 heteroatoms. The van der Waals surface area contributed by atoms with Gasteiger partial charge in [-0.2, -0.15) is 0 Å². The number of allylic oxidation sites excluding steroid dienone is 3. The number of nitrogens with zero attached hydrogens (tertiary/aromatic N) is 1. The Morgan fingerprint density at radius 1 is 1.57 bits per heavy atom. The first-order valence-corrected chi connectivity index (χ1v) is 9.04. The van der Waals surface area contributed by atoms with Gasteiger partial charge in [0.1, 0.15) is 0 Å². The highest BCUT2D eigenvalue weighted by molar-refractivity contribution is 7.92. The Labute approximate surface area is 140 Å². The van der Waals surface area contributed by atoms with Crippen LogP contribution in [-0.4, -0.2) is 43.9 Å². The third-order valence-electron chi connectivity index (χ3n) is 3.69. The molecule has 2 rings (SSSR count). The van der Waals surface area contributed by atoms with Crippen molar-refractivity contribution in [3.05, 3.63) is 35.5 Å². The lowest BCUT2D eigenvalue weighted by atomic mass is 9.95. The van der Waals surface area contributed by atoms with Gasteiger partial charge in [-0.15, -0.1) is 0 Å². The summed E-state index contributed by atoms with van der Waals surface area (Å²) in [5, 5.41) is 9.94. The van der Waals surface area contributed by atoms with Crippen molar-refractivity contribution in [3.63, 3.8) is 0 Å². The van der Waals surface area contributed by atoms with Crippen molar-refractivity contribution in [1.82, 2.24) is 10.0 Å². The fraction of sp³-hybridized carbons (Fsp3) is 0.429. The highest BCUT2D eigenvalue weighted by Gasteiger charge is 2.45. The average molecular weight is 358 g/mol. The second-order valence-electron chi connectivity index (χ2n) is 5.28. The molecular weight excluding hydrogens is 338 g/mol. The number of guanidine groups is 1. The lowest BCUT2D eigenvalue weighted by Crippen LogP contribution is -2.50. The number of sulfonamides is 1. The van der Waals surface area contributed by atoms with Gasteiger partial charge in [0.15, 0.2) is 5.96 Å². The van der Waals surface area contributed by atoms with Crippen molar-refractivity contribution in [2.75, 3.05) is 13.1 Å². The summed E-state index contributed by atoms with van der Waals surface area (Å²) in [5.41, 5.74) is 6.58. The molecule has 0 aromatic carbocycles. The molecule has 2 atom stereocenters. The summed E-state index contributed by atoms with van der Waals surface area (Å²) in [6.45, 7) is 2.36. The zero-order valence-electron chi connectivity index (χ0n) is 12.7. The summed E-state index contributed by atoms with van der Waals surface area (Å²) in [6, 6.07) is -0.285. The summed E-state index contributed by atoms with van der Waals surface area (Å²) in [7, 11) is -3.89. The van der Waals surface area contributed by atoms with Gasteiger partial charge in [0.25, 0.3) is 0 Å². The van der Waals surface area contributed by atoms with E-state index in [9.17, 15) is 8.42 Å². The highest BCUT2D eigenvalue weighted by atomic mass is 35.5. The molecule has 0 bridgehead atoms. The number of hydrogen-bond acceptors (Lipinski definition) is 4. The maximum atomic E-state index is 12.7. The van der Waals surface area contributed by atoms with E-state index in [4.69, 9.17) is 22.7 Å². The second-order valence-corrected chi connectivity index (χ2v) is 8.04. The Kier molecular flexibility index (Phi) is 5.28. The number of dihydropyridines is 1.